The van der Waals surface area contributed by atoms with Crippen molar-refractivity contribution in [1.82, 2.24) is 21.1 Å². The Kier molecular flexibility index (Phi) is 9.65. The largest absolute Gasteiger partial charge is 0.346 e. The Morgan fingerprint density at radius 2 is 1.82 bits per heavy atom. The minimum atomic E-state index is -0.190. The molecule has 28 heavy (non-hydrogen) atoms. The number of carbonyl (C=O) groups excluding carboxylic acids is 1. The summed E-state index contributed by atoms with van der Waals surface area (Å²) in [4.78, 5) is 14.3. The second-order valence-corrected chi connectivity index (χ2v) is 7.96. The van der Waals surface area contributed by atoms with Crippen LogP contribution in [0.1, 0.15) is 56.6 Å². The van der Waals surface area contributed by atoms with Crippen molar-refractivity contribution in [2.45, 2.75) is 57.0 Å². The van der Waals surface area contributed by atoms with Crippen molar-refractivity contribution < 1.29 is 9.18 Å². The van der Waals surface area contributed by atoms with Crippen molar-refractivity contribution in [3.05, 3.63) is 35.6 Å². The molecular formula is C21H34ClFN4O. The van der Waals surface area contributed by atoms with Crippen molar-refractivity contribution in [3.8, 4) is 0 Å². The Morgan fingerprint density at radius 3 is 2.54 bits per heavy atom. The van der Waals surface area contributed by atoms with E-state index in [1.807, 2.05) is 24.1 Å². The van der Waals surface area contributed by atoms with Crippen LogP contribution >= 0.6 is 12.4 Å². The van der Waals surface area contributed by atoms with Gasteiger partial charge in [0.05, 0.1) is 0 Å². The van der Waals surface area contributed by atoms with Crippen LogP contribution in [0.25, 0.3) is 0 Å². The second kappa shape index (κ2) is 11.7. The van der Waals surface area contributed by atoms with Gasteiger partial charge in [0.25, 0.3) is 0 Å². The van der Waals surface area contributed by atoms with E-state index < -0.39 is 0 Å². The van der Waals surface area contributed by atoms with Crippen molar-refractivity contribution >= 4 is 18.3 Å². The van der Waals surface area contributed by atoms with Crippen LogP contribution in [-0.4, -0.2) is 43.5 Å². The number of hydrogen-bond acceptors (Lipinski definition) is 4. The molecule has 1 aromatic carbocycles. The molecule has 7 heteroatoms. The van der Waals surface area contributed by atoms with E-state index in [9.17, 15) is 9.18 Å². The van der Waals surface area contributed by atoms with Crippen LogP contribution < -0.4 is 16.2 Å². The molecule has 2 fully saturated rings. The van der Waals surface area contributed by atoms with Gasteiger partial charge in [-0.25, -0.2) is 4.39 Å². The Balaban J connectivity index is 0.00000280. The maximum absolute atomic E-state index is 13.0. The summed E-state index contributed by atoms with van der Waals surface area (Å²) in [6.07, 6.45) is 7.46. The molecule has 3 N–H and O–H groups in total. The lowest BCUT2D eigenvalue weighted by Crippen LogP contribution is -2.39. The molecule has 2 saturated heterocycles. The van der Waals surface area contributed by atoms with Crippen molar-refractivity contribution in [1.29, 1.82) is 0 Å². The molecule has 0 bridgehead atoms. The van der Waals surface area contributed by atoms with Crippen LogP contribution in [0, 0.1) is 11.7 Å². The number of nitrogens with one attached hydrogen (secondary N) is 3. The highest BCUT2D eigenvalue weighted by molar-refractivity contribution is 5.85. The zero-order valence-electron chi connectivity index (χ0n) is 16.8. The van der Waals surface area contributed by atoms with Crippen LogP contribution in [0.5, 0.6) is 0 Å². The summed E-state index contributed by atoms with van der Waals surface area (Å²) < 4.78 is 13.0. The molecular weight excluding hydrogens is 379 g/mol. The van der Waals surface area contributed by atoms with Gasteiger partial charge in [-0.1, -0.05) is 25.0 Å². The fraction of sp³-hybridized carbons (Fsp3) is 0.667. The van der Waals surface area contributed by atoms with Gasteiger partial charge in [0.1, 0.15) is 5.82 Å². The first kappa shape index (κ1) is 23.1. The number of carbonyl (C=O) groups is 1. The molecule has 5 nitrogen and oxygen atoms in total. The fourth-order valence-corrected chi connectivity index (χ4v) is 4.13. The third-order valence-electron chi connectivity index (χ3n) is 5.87. The van der Waals surface area contributed by atoms with Crippen LogP contribution in [0.4, 0.5) is 4.39 Å². The first-order chi connectivity index (χ1) is 13.1. The number of benzene rings is 1. The van der Waals surface area contributed by atoms with E-state index in [0.717, 1.165) is 70.1 Å². The second-order valence-electron chi connectivity index (χ2n) is 7.96. The van der Waals surface area contributed by atoms with Crippen LogP contribution in [-0.2, 0) is 4.79 Å². The molecule has 0 spiro atoms. The van der Waals surface area contributed by atoms with Gasteiger partial charge in [-0.15, -0.1) is 12.4 Å². The monoisotopic (exact) mass is 412 g/mol. The third-order valence-corrected chi connectivity index (χ3v) is 5.87. The third kappa shape index (κ3) is 6.69. The van der Waals surface area contributed by atoms with Gasteiger partial charge < -0.3 is 10.2 Å². The maximum Gasteiger partial charge on any atom is 0.225 e. The Hall–Kier alpha value is -1.21. The normalized spacial score (nSPS) is 22.6. The molecule has 0 aromatic heterocycles. The number of nitrogens with zero attached hydrogens (tertiary/aromatic N) is 1. The van der Waals surface area contributed by atoms with E-state index >= 15 is 0 Å². The molecule has 0 aliphatic carbocycles. The molecule has 0 saturated carbocycles. The molecule has 2 aliphatic heterocycles. The summed E-state index contributed by atoms with van der Waals surface area (Å²) in [6.45, 7) is 2.79. The number of rotatable bonds is 8. The van der Waals surface area contributed by atoms with E-state index in [0.29, 0.717) is 11.9 Å². The Bertz CT molecular complexity index is 595. The van der Waals surface area contributed by atoms with Gasteiger partial charge in [-0.05, 0) is 62.9 Å². The van der Waals surface area contributed by atoms with Gasteiger partial charge >= 0.3 is 0 Å². The molecule has 158 valence electrons. The number of halogens is 2. The van der Waals surface area contributed by atoms with E-state index in [1.165, 1.54) is 12.1 Å². The number of unbranched alkanes of at least 4 members (excludes halogenated alkanes) is 2. The lowest BCUT2D eigenvalue weighted by atomic mass is 9.96. The van der Waals surface area contributed by atoms with Gasteiger partial charge in [0, 0.05) is 31.6 Å². The van der Waals surface area contributed by atoms with Gasteiger partial charge in [0.15, 0.2) is 0 Å². The quantitative estimate of drug-likeness (QED) is 0.574. The zero-order chi connectivity index (χ0) is 19.1. The Labute approximate surface area is 174 Å². The summed E-state index contributed by atoms with van der Waals surface area (Å²) in [7, 11) is 1.94. The van der Waals surface area contributed by atoms with Crippen LogP contribution in [0.2, 0.25) is 0 Å². The van der Waals surface area contributed by atoms with E-state index in [4.69, 9.17) is 0 Å². The highest BCUT2D eigenvalue weighted by Gasteiger charge is 2.25. The highest BCUT2D eigenvalue weighted by atomic mass is 35.5. The van der Waals surface area contributed by atoms with E-state index in [2.05, 4.69) is 16.2 Å². The average molecular weight is 413 g/mol. The SMILES string of the molecule is CN(CCCCCC1CC(c2ccc(F)cc2)NN1)C(=O)C1CCNCC1.Cl. The van der Waals surface area contributed by atoms with Gasteiger partial charge in [-0.2, -0.15) is 0 Å². The molecule has 2 aliphatic rings. The van der Waals surface area contributed by atoms with Gasteiger partial charge in [0.2, 0.25) is 5.91 Å². The van der Waals surface area contributed by atoms with Crippen LogP contribution in [0.3, 0.4) is 0 Å². The molecule has 1 aromatic rings. The number of piperidine rings is 1. The number of hydrazine groups is 1. The molecule has 2 heterocycles. The topological polar surface area (TPSA) is 56.4 Å². The minimum absolute atomic E-state index is 0. The summed E-state index contributed by atoms with van der Waals surface area (Å²) in [5, 5.41) is 3.31. The minimum Gasteiger partial charge on any atom is -0.346 e. The zero-order valence-corrected chi connectivity index (χ0v) is 17.6. The number of hydrogen-bond donors (Lipinski definition) is 3. The van der Waals surface area contributed by atoms with Crippen molar-refractivity contribution in [2.75, 3.05) is 26.7 Å². The van der Waals surface area contributed by atoms with E-state index in [1.54, 1.807) is 0 Å². The van der Waals surface area contributed by atoms with Gasteiger partial charge in [-0.3, -0.25) is 15.6 Å². The molecule has 2 unspecified atom stereocenters. The molecule has 2 atom stereocenters. The molecule has 3 rings (SSSR count). The predicted octanol–water partition coefficient (Wildman–Crippen LogP) is 3.17. The summed E-state index contributed by atoms with van der Waals surface area (Å²) >= 11 is 0. The predicted molar refractivity (Wildman–Crippen MR) is 113 cm³/mol. The Morgan fingerprint density at radius 1 is 1.11 bits per heavy atom. The average Bonchev–Trinajstić information content (AvgIpc) is 3.17. The highest BCUT2D eigenvalue weighted by Crippen LogP contribution is 2.24. The summed E-state index contributed by atoms with van der Waals surface area (Å²) in [5.74, 6) is 0.346. The molecule has 0 radical (unpaired) electrons. The van der Waals surface area contributed by atoms with Crippen LogP contribution in [0.15, 0.2) is 24.3 Å². The fourth-order valence-electron chi connectivity index (χ4n) is 4.13. The first-order valence-electron chi connectivity index (χ1n) is 10.4. The number of amides is 1. The summed E-state index contributed by atoms with van der Waals surface area (Å²) in [5.41, 5.74) is 7.82. The standard InChI is InChI=1S/C21H33FN4O.ClH/c1-26(21(27)17-10-12-23-13-11-17)14-4-2-3-5-19-15-20(25-24-19)16-6-8-18(22)9-7-16;/h6-9,17,19-20,23-25H,2-5,10-15H2,1H3;1H. The van der Waals surface area contributed by atoms with Crippen molar-refractivity contribution in [2.24, 2.45) is 5.92 Å². The molecule has 1 amide bonds. The smallest absolute Gasteiger partial charge is 0.225 e. The summed E-state index contributed by atoms with van der Waals surface area (Å²) in [6, 6.07) is 7.45. The van der Waals surface area contributed by atoms with E-state index in [-0.39, 0.29) is 30.2 Å². The lowest BCUT2D eigenvalue weighted by Gasteiger charge is -2.27. The van der Waals surface area contributed by atoms with Crippen molar-refractivity contribution in [3.63, 3.8) is 0 Å². The first-order valence-corrected chi connectivity index (χ1v) is 10.4. The maximum atomic E-state index is 13.0. The lowest BCUT2D eigenvalue weighted by molar-refractivity contribution is -0.135.